The Balaban J connectivity index is 2.33. The first-order valence-electron chi connectivity index (χ1n) is 9.12. The van der Waals surface area contributed by atoms with Crippen LogP contribution in [0.4, 0.5) is 5.69 Å². The van der Waals surface area contributed by atoms with Crippen molar-refractivity contribution in [1.82, 2.24) is 0 Å². The first kappa shape index (κ1) is 22.5. The average molecular weight is 488 g/mol. The first-order valence-corrected chi connectivity index (χ1v) is 12.1. The largest absolute Gasteiger partial charge is 0.478 e. The Bertz CT molecular complexity index is 1690. The number of primary sulfonamides is 1. The lowest BCUT2D eigenvalue weighted by molar-refractivity contribution is 0.0696. The van der Waals surface area contributed by atoms with E-state index in [9.17, 15) is 31.3 Å². The van der Waals surface area contributed by atoms with Crippen LogP contribution in [0.1, 0.15) is 21.5 Å². The zero-order valence-corrected chi connectivity index (χ0v) is 18.3. The molecule has 1 aliphatic heterocycles. The Kier molecular flexibility index (Phi) is 5.05. The summed E-state index contributed by atoms with van der Waals surface area (Å²) >= 11 is 0. The number of sulfonamides is 1. The monoisotopic (exact) mass is 488 g/mol. The summed E-state index contributed by atoms with van der Waals surface area (Å²) < 4.78 is 64.6. The van der Waals surface area contributed by atoms with E-state index in [1.54, 1.807) is 6.07 Å². The normalized spacial score (nSPS) is 13.1. The third-order valence-corrected chi connectivity index (χ3v) is 7.00. The number of benzene rings is 3. The second kappa shape index (κ2) is 7.42. The van der Waals surface area contributed by atoms with Gasteiger partial charge in [0.15, 0.2) is 11.5 Å². The molecule has 0 saturated carbocycles. The van der Waals surface area contributed by atoms with Crippen molar-refractivity contribution in [3.63, 3.8) is 0 Å². The molecule has 0 amide bonds. The maximum absolute atomic E-state index is 12.3. The first-order chi connectivity index (χ1) is 15.3. The lowest BCUT2D eigenvalue weighted by Crippen LogP contribution is -2.27. The van der Waals surface area contributed by atoms with Crippen LogP contribution in [0.5, 0.6) is 11.5 Å². The van der Waals surface area contributed by atoms with Crippen molar-refractivity contribution in [1.29, 1.82) is 0 Å². The maximum Gasteiger partial charge on any atom is 0.336 e. The van der Waals surface area contributed by atoms with Gasteiger partial charge in [0.1, 0.15) is 9.79 Å². The van der Waals surface area contributed by atoms with Gasteiger partial charge in [0.2, 0.25) is 10.0 Å². The molecular weight excluding hydrogens is 472 g/mol. The van der Waals surface area contributed by atoms with E-state index < -0.39 is 47.4 Å². The van der Waals surface area contributed by atoms with Crippen molar-refractivity contribution in [3.8, 4) is 11.5 Å². The number of anilines is 1. The molecule has 1 heterocycles. The van der Waals surface area contributed by atoms with Gasteiger partial charge >= 0.3 is 5.97 Å². The molecule has 1 aliphatic rings. The summed E-state index contributed by atoms with van der Waals surface area (Å²) in [4.78, 5) is 10.6. The molecule has 0 bridgehead atoms. The molecule has 0 atom stereocenters. The van der Waals surface area contributed by atoms with Crippen LogP contribution in [-0.2, 0) is 20.1 Å². The lowest BCUT2D eigenvalue weighted by atomic mass is 9.89. The molecule has 0 aromatic heterocycles. The highest BCUT2D eigenvalue weighted by molar-refractivity contribution is 7.89. The summed E-state index contributed by atoms with van der Waals surface area (Å²) in [5.41, 5.74) is 5.81. The fourth-order valence-corrected chi connectivity index (χ4v) is 5.37. The van der Waals surface area contributed by atoms with Crippen LogP contribution in [-0.4, -0.2) is 32.5 Å². The van der Waals surface area contributed by atoms with Crippen LogP contribution in [0.2, 0.25) is 0 Å². The third-order valence-electron chi connectivity index (χ3n) is 5.05. The lowest BCUT2D eigenvalue weighted by Gasteiger charge is -2.25. The fraction of sp³-hybridized carbons (Fsp3) is 0. The van der Waals surface area contributed by atoms with Gasteiger partial charge in [-0.05, 0) is 35.0 Å². The van der Waals surface area contributed by atoms with Crippen LogP contribution in [0.3, 0.4) is 0 Å². The van der Waals surface area contributed by atoms with Crippen molar-refractivity contribution in [2.75, 3.05) is 5.73 Å². The Morgan fingerprint density at radius 2 is 1.58 bits per heavy atom. The van der Waals surface area contributed by atoms with Crippen molar-refractivity contribution >= 4 is 44.0 Å². The number of nitrogens with two attached hydrogens (primary N) is 2. The number of ether oxygens (including phenoxy) is 1. The molecular formula is C21H16N2O8S2. The number of fused-ring (bicyclic) bond motifs is 2. The third kappa shape index (κ3) is 3.64. The molecule has 0 fully saturated rings. The van der Waals surface area contributed by atoms with Crippen molar-refractivity contribution < 1.29 is 36.0 Å². The van der Waals surface area contributed by atoms with Gasteiger partial charge in [0.25, 0.3) is 10.1 Å². The molecule has 0 aliphatic carbocycles. The number of carboxylic acids is 1. The Morgan fingerprint density at radius 1 is 0.909 bits per heavy atom. The Labute approximate surface area is 187 Å². The number of hydrogen-bond donors (Lipinski definition) is 4. The molecule has 33 heavy (non-hydrogen) atoms. The number of carboxylic acid groups (broad SMARTS) is 1. The quantitative estimate of drug-likeness (QED) is 0.236. The zero-order valence-electron chi connectivity index (χ0n) is 16.6. The van der Waals surface area contributed by atoms with E-state index in [2.05, 4.69) is 6.58 Å². The van der Waals surface area contributed by atoms with Gasteiger partial charge in [-0.15, -0.1) is 0 Å². The Hall–Kier alpha value is -3.71. The predicted molar refractivity (Wildman–Crippen MR) is 118 cm³/mol. The van der Waals surface area contributed by atoms with E-state index in [-0.39, 0.29) is 38.4 Å². The van der Waals surface area contributed by atoms with Gasteiger partial charge in [-0.1, -0.05) is 30.8 Å². The van der Waals surface area contributed by atoms with Gasteiger partial charge in [-0.2, -0.15) is 8.42 Å². The number of aromatic carboxylic acids is 1. The second-order valence-corrected chi connectivity index (χ2v) is 10.00. The van der Waals surface area contributed by atoms with Gasteiger partial charge in [-0.25, -0.2) is 18.4 Å². The summed E-state index contributed by atoms with van der Waals surface area (Å²) in [5, 5.41) is 15.0. The molecule has 3 aromatic rings. The van der Waals surface area contributed by atoms with E-state index in [1.807, 2.05) is 0 Å². The van der Waals surface area contributed by atoms with E-state index in [0.29, 0.717) is 0 Å². The van der Waals surface area contributed by atoms with Crippen LogP contribution in [0.15, 0.2) is 58.3 Å². The number of hydrogen-bond acceptors (Lipinski definition) is 7. The summed E-state index contributed by atoms with van der Waals surface area (Å²) in [5.74, 6) is -2.13. The van der Waals surface area contributed by atoms with E-state index in [4.69, 9.17) is 15.6 Å². The highest BCUT2D eigenvalue weighted by atomic mass is 32.2. The zero-order chi connectivity index (χ0) is 24.3. The molecule has 0 radical (unpaired) electrons. The molecule has 3 aromatic carbocycles. The molecule has 10 nitrogen and oxygen atoms in total. The van der Waals surface area contributed by atoms with Gasteiger partial charge in [-0.3, -0.25) is 4.55 Å². The minimum atomic E-state index is -4.90. The number of nitrogen functional groups attached to an aromatic ring is 1. The van der Waals surface area contributed by atoms with E-state index >= 15 is 0 Å². The van der Waals surface area contributed by atoms with Crippen LogP contribution in [0, 0.1) is 0 Å². The highest BCUT2D eigenvalue weighted by Crippen LogP contribution is 2.44. The van der Waals surface area contributed by atoms with Gasteiger partial charge in [0, 0.05) is 16.4 Å². The summed E-state index contributed by atoms with van der Waals surface area (Å²) in [6, 6.07) is 11.2. The molecule has 12 heteroatoms. The topological polar surface area (TPSA) is 187 Å². The van der Waals surface area contributed by atoms with Crippen molar-refractivity contribution in [3.05, 3.63) is 75.7 Å². The molecule has 0 spiro atoms. The maximum atomic E-state index is 12.3. The number of rotatable bonds is 4. The van der Waals surface area contributed by atoms with Crippen molar-refractivity contribution in [2.45, 2.75) is 9.79 Å². The van der Waals surface area contributed by atoms with Crippen LogP contribution >= 0.6 is 0 Å². The van der Waals surface area contributed by atoms with E-state index in [1.165, 1.54) is 42.5 Å². The fourth-order valence-electron chi connectivity index (χ4n) is 3.78. The predicted octanol–water partition coefficient (Wildman–Crippen LogP) is 0.624. The van der Waals surface area contributed by atoms with Gasteiger partial charge < -0.3 is 15.6 Å². The Morgan fingerprint density at radius 3 is 2.18 bits per heavy atom. The van der Waals surface area contributed by atoms with Crippen LogP contribution in [0.25, 0.3) is 12.2 Å². The molecule has 170 valence electrons. The van der Waals surface area contributed by atoms with Gasteiger partial charge in [0.05, 0.1) is 11.3 Å². The second-order valence-electron chi connectivity index (χ2n) is 7.14. The van der Waals surface area contributed by atoms with Crippen LogP contribution < -0.4 is 26.0 Å². The van der Waals surface area contributed by atoms with Crippen molar-refractivity contribution in [2.24, 2.45) is 5.14 Å². The SMILES string of the molecule is C=c1ccc2c(c1S(=O)(=O)O)Oc1c(ccc(N)c1S(N)(=O)=O)C=2c1ccccc1C(=O)O. The highest BCUT2D eigenvalue weighted by Gasteiger charge is 2.33. The average Bonchev–Trinajstić information content (AvgIpc) is 2.69. The molecule has 6 N–H and O–H groups in total. The summed E-state index contributed by atoms with van der Waals surface area (Å²) in [6.45, 7) is 3.59. The number of carbonyl (C=O) groups is 1. The molecule has 0 saturated heterocycles. The minimum absolute atomic E-state index is 0.0846. The summed E-state index contributed by atoms with van der Waals surface area (Å²) in [6.07, 6.45) is 0. The molecule has 0 unspecified atom stereocenters. The van der Waals surface area contributed by atoms with E-state index in [0.717, 1.165) is 0 Å². The smallest absolute Gasteiger partial charge is 0.336 e. The summed E-state index contributed by atoms with van der Waals surface area (Å²) in [7, 11) is -9.37. The standard InChI is InChI=1S/C21H16N2O8S2/c1-10-6-7-13-16(11-4-2-3-5-12(11)21(24)25)14-8-9-15(22)20(32(23,26)27)18(14)31-17(13)19(10)33(28,29)30/h2-9H,1,22H2,(H,24,25)(H2,23,26,27)(H,28,29,30). The molecule has 4 rings (SSSR count). The minimum Gasteiger partial charge on any atom is -0.478 e.